The maximum absolute atomic E-state index is 14.7. The van der Waals surface area contributed by atoms with E-state index in [4.69, 9.17) is 40.1 Å². The summed E-state index contributed by atoms with van der Waals surface area (Å²) in [5.41, 5.74) is 40.1. The fourth-order valence-corrected chi connectivity index (χ4v) is 12.4. The molecule has 2 heterocycles. The number of nitrogens with one attached hydrogen (secondary N) is 8. The van der Waals surface area contributed by atoms with Crippen molar-refractivity contribution in [1.29, 1.82) is 0 Å². The number of nitrogens with zero attached hydrogens (tertiary/aromatic N) is 3. The third kappa shape index (κ3) is 28.0. The molecule has 0 bridgehead atoms. The van der Waals surface area contributed by atoms with Crippen LogP contribution in [-0.2, 0) is 68.7 Å². The van der Waals surface area contributed by atoms with Crippen molar-refractivity contribution in [2.45, 2.75) is 216 Å². The molecule has 95 heavy (non-hydrogen) atoms. The van der Waals surface area contributed by atoms with Gasteiger partial charge in [0.1, 0.15) is 54.4 Å². The Labute approximate surface area is 560 Å². The minimum atomic E-state index is -1.62. The van der Waals surface area contributed by atoms with Crippen LogP contribution in [0.15, 0.2) is 35.3 Å². The summed E-state index contributed by atoms with van der Waals surface area (Å²) in [4.78, 5) is 185. The van der Waals surface area contributed by atoms with Crippen molar-refractivity contribution in [3.63, 3.8) is 0 Å². The number of primary amides is 3. The molecule has 10 atom stereocenters. The standard InChI is InChI=1S/C63H104N18O13S/c1-37(2)33-45(57(89)74-41(53(68)85)27-32-95-3)73-52(84)36-72-54(86)46(34-38-15-6-4-7-16-38)78-58(90)47(35-39-17-8-5-9-18-39)79-56(88)42(23-25-50(66)82)75-55(87)43(24-26-51(67)83)76-59(91)49-22-14-31-81(49)62(94)44(20-10-11-28-64)77-60(92)48-21-13-30-80(48)61(93)40(65)19-12-29-71-63(69)70/h5,8-9,17-18,37-38,40-49H,4,6-7,10-16,19-36,64-65H2,1-3H3,(H2,66,82)(H2,67,83)(H2,68,85)(H,72,86)(H,73,84)(H,74,89)(H,75,87)(H,76,91)(H,77,92)(H,78,90)(H,79,88)(H4,69,70,71)/t40-,41-,42-,43-,44-,45-,46-,47-,48-,49-/m0/s1. The Morgan fingerprint density at radius 1 is 0.558 bits per heavy atom. The Kier molecular flexibility index (Phi) is 34.8. The van der Waals surface area contributed by atoms with Crippen LogP contribution in [0.3, 0.4) is 0 Å². The lowest BCUT2D eigenvalue weighted by molar-refractivity contribution is -0.144. The molecule has 0 spiro atoms. The van der Waals surface area contributed by atoms with Crippen molar-refractivity contribution in [1.82, 2.24) is 52.3 Å². The second-order valence-corrected chi connectivity index (χ2v) is 26.2. The summed E-state index contributed by atoms with van der Waals surface area (Å²) >= 11 is 1.46. The molecule has 3 fully saturated rings. The lowest BCUT2D eigenvalue weighted by Crippen LogP contribution is -2.60. The first kappa shape index (κ1) is 79.3. The van der Waals surface area contributed by atoms with Gasteiger partial charge in [-0.05, 0) is 126 Å². The number of aliphatic imine (C=N–C) groups is 1. The molecule has 530 valence electrons. The Morgan fingerprint density at radius 2 is 1.09 bits per heavy atom. The first-order valence-corrected chi connectivity index (χ1v) is 34.5. The van der Waals surface area contributed by atoms with Gasteiger partial charge in [0.05, 0.1) is 12.6 Å². The van der Waals surface area contributed by atoms with Crippen molar-refractivity contribution in [2.24, 2.45) is 57.0 Å². The van der Waals surface area contributed by atoms with Crippen LogP contribution in [0.25, 0.3) is 0 Å². The zero-order valence-corrected chi connectivity index (χ0v) is 56.0. The number of unbranched alkanes of at least 4 members (excludes halogenated alkanes) is 1. The zero-order chi connectivity index (χ0) is 70.1. The average molecular weight is 1350 g/mol. The van der Waals surface area contributed by atoms with E-state index < -0.39 is 163 Å². The number of carbonyl (C=O) groups excluding carboxylic acids is 13. The van der Waals surface area contributed by atoms with Crippen LogP contribution < -0.4 is 82.7 Å². The van der Waals surface area contributed by atoms with Gasteiger partial charge >= 0.3 is 0 Å². The summed E-state index contributed by atoms with van der Waals surface area (Å²) in [6.07, 6.45) is 7.85. The van der Waals surface area contributed by atoms with E-state index in [2.05, 4.69) is 47.5 Å². The summed E-state index contributed by atoms with van der Waals surface area (Å²) < 4.78 is 0. The second-order valence-electron chi connectivity index (χ2n) is 25.2. The molecule has 13 amide bonds. The molecule has 22 N–H and O–H groups in total. The maximum atomic E-state index is 14.7. The number of benzene rings is 1. The molecule has 0 unspecified atom stereocenters. The van der Waals surface area contributed by atoms with Gasteiger partial charge in [-0.25, -0.2) is 0 Å². The Hall–Kier alpha value is -8.13. The van der Waals surface area contributed by atoms with Crippen molar-refractivity contribution in [2.75, 3.05) is 44.7 Å². The number of rotatable bonds is 42. The summed E-state index contributed by atoms with van der Waals surface area (Å²) in [6.45, 7) is 3.97. The SMILES string of the molecule is CSCC[C@H](NC(=O)[C@H](CC(C)C)NC(=O)CNC(=O)[C@H](CC1CCCCC1)NC(=O)[C@H](Cc1ccccc1)NC(=O)[C@H](CCC(N)=O)NC(=O)[C@H](CCC(N)=O)NC(=O)[C@@H]1CCCN1C(=O)[C@H](CCCCN)NC(=O)[C@@H]1CCCN1C(=O)[C@@H](N)CCCN=C(N)N)C(N)=O. The molecular formula is C63H104N18O13S. The Morgan fingerprint density at radius 3 is 1.65 bits per heavy atom. The minimum absolute atomic E-state index is 0.0109. The van der Waals surface area contributed by atoms with Gasteiger partial charge in [-0.1, -0.05) is 76.3 Å². The smallest absolute Gasteiger partial charge is 0.245 e. The number of hydrogen-bond donors (Lipinski definition) is 15. The van der Waals surface area contributed by atoms with E-state index in [0.717, 1.165) is 32.1 Å². The summed E-state index contributed by atoms with van der Waals surface area (Å²) in [5.74, 6) is -9.43. The first-order chi connectivity index (χ1) is 45.2. The molecule has 31 nitrogen and oxygen atoms in total. The highest BCUT2D eigenvalue weighted by atomic mass is 32.2. The lowest BCUT2D eigenvalue weighted by Gasteiger charge is -2.32. The molecule has 0 radical (unpaired) electrons. The second kappa shape index (κ2) is 41.6. The van der Waals surface area contributed by atoms with Gasteiger partial charge in [0.25, 0.3) is 0 Å². The molecular weight excluding hydrogens is 1250 g/mol. The molecule has 1 saturated carbocycles. The number of amides is 13. The minimum Gasteiger partial charge on any atom is -0.370 e. The molecule has 1 aromatic carbocycles. The normalized spacial score (nSPS) is 18.0. The van der Waals surface area contributed by atoms with Crippen molar-refractivity contribution in [3.05, 3.63) is 35.9 Å². The molecule has 4 rings (SSSR count). The van der Waals surface area contributed by atoms with Crippen LogP contribution in [0.1, 0.15) is 154 Å². The maximum Gasteiger partial charge on any atom is 0.245 e. The fraction of sp³-hybridized carbons (Fsp3) is 0.683. The van der Waals surface area contributed by atoms with Crippen molar-refractivity contribution < 1.29 is 62.3 Å². The molecule has 3 aliphatic rings. The average Bonchev–Trinajstić information content (AvgIpc) is 1.74. The summed E-state index contributed by atoms with van der Waals surface area (Å²) in [6, 6.07) is -3.62. The van der Waals surface area contributed by atoms with Gasteiger partial charge in [-0.2, -0.15) is 11.8 Å². The van der Waals surface area contributed by atoms with Gasteiger partial charge in [0.2, 0.25) is 76.8 Å². The monoisotopic (exact) mass is 1350 g/mol. The molecule has 2 aliphatic heterocycles. The zero-order valence-electron chi connectivity index (χ0n) is 55.2. The molecule has 2 saturated heterocycles. The van der Waals surface area contributed by atoms with Gasteiger partial charge in [0, 0.05) is 38.9 Å². The highest BCUT2D eigenvalue weighted by Gasteiger charge is 2.42. The van der Waals surface area contributed by atoms with E-state index in [9.17, 15) is 62.3 Å². The largest absolute Gasteiger partial charge is 0.370 e. The fourth-order valence-electron chi connectivity index (χ4n) is 12.0. The quantitative estimate of drug-likeness (QED) is 0.0176. The van der Waals surface area contributed by atoms with E-state index >= 15 is 0 Å². The van der Waals surface area contributed by atoms with E-state index in [-0.39, 0.29) is 88.8 Å². The van der Waals surface area contributed by atoms with Crippen LogP contribution in [0.5, 0.6) is 0 Å². The van der Waals surface area contributed by atoms with Crippen LogP contribution in [0.2, 0.25) is 0 Å². The number of likely N-dealkylation sites (tertiary alicyclic amines) is 2. The van der Waals surface area contributed by atoms with E-state index in [1.807, 2.05) is 20.1 Å². The van der Waals surface area contributed by atoms with Crippen LogP contribution in [-0.4, -0.2) is 198 Å². The van der Waals surface area contributed by atoms with Crippen LogP contribution in [0.4, 0.5) is 0 Å². The Balaban J connectivity index is 1.56. The molecule has 32 heteroatoms. The van der Waals surface area contributed by atoms with Crippen molar-refractivity contribution >= 4 is 94.5 Å². The highest BCUT2D eigenvalue weighted by molar-refractivity contribution is 7.98. The number of hydrogen-bond acceptors (Lipinski definition) is 17. The molecule has 1 aliphatic carbocycles. The van der Waals surface area contributed by atoms with Crippen molar-refractivity contribution in [3.8, 4) is 0 Å². The van der Waals surface area contributed by atoms with Gasteiger partial charge in [-0.15, -0.1) is 0 Å². The summed E-state index contributed by atoms with van der Waals surface area (Å²) in [7, 11) is 0. The summed E-state index contributed by atoms with van der Waals surface area (Å²) in [5, 5.41) is 21.4. The van der Waals surface area contributed by atoms with E-state index in [0.29, 0.717) is 56.4 Å². The van der Waals surface area contributed by atoms with Gasteiger partial charge < -0.3 is 92.5 Å². The van der Waals surface area contributed by atoms with Crippen LogP contribution in [0, 0.1) is 11.8 Å². The number of thioether (sulfide) groups is 1. The predicted molar refractivity (Wildman–Crippen MR) is 357 cm³/mol. The lowest BCUT2D eigenvalue weighted by atomic mass is 9.84. The number of nitrogens with two attached hydrogens (primary N) is 7. The van der Waals surface area contributed by atoms with Gasteiger partial charge in [-0.3, -0.25) is 67.3 Å². The predicted octanol–water partition coefficient (Wildman–Crippen LogP) is -2.98. The third-order valence-electron chi connectivity index (χ3n) is 17.0. The Bertz CT molecular complexity index is 2790. The number of guanidine groups is 1. The van der Waals surface area contributed by atoms with Crippen LogP contribution >= 0.6 is 11.8 Å². The topological polar surface area (TPSA) is 519 Å². The highest BCUT2D eigenvalue weighted by Crippen LogP contribution is 2.28. The third-order valence-corrected chi connectivity index (χ3v) is 17.7. The van der Waals surface area contributed by atoms with Gasteiger partial charge in [0.15, 0.2) is 5.96 Å². The van der Waals surface area contributed by atoms with E-state index in [1.54, 1.807) is 30.3 Å². The first-order valence-electron chi connectivity index (χ1n) is 33.1. The van der Waals surface area contributed by atoms with E-state index in [1.165, 1.54) is 21.6 Å². The molecule has 0 aromatic heterocycles. The number of carbonyl (C=O) groups is 13. The molecule has 1 aromatic rings.